The highest BCUT2D eigenvalue weighted by Gasteiger charge is 2.30. The summed E-state index contributed by atoms with van der Waals surface area (Å²) in [5.41, 5.74) is 0.320. The molecule has 0 aliphatic rings. The van der Waals surface area contributed by atoms with Crippen LogP contribution in [0.1, 0.15) is 44.2 Å². The number of nitrogens with zero attached hydrogens (tertiary/aromatic N) is 1. The SMILES string of the molecule is CCCCN(CCCCO)C(C(=O)O)c1cc(F)ccc1OC. The Balaban J connectivity index is 3.12. The van der Waals surface area contributed by atoms with Crippen molar-refractivity contribution in [2.75, 3.05) is 26.8 Å². The van der Waals surface area contributed by atoms with Gasteiger partial charge in [-0.25, -0.2) is 4.39 Å². The standard InChI is InChI=1S/C17H26FNO4/c1-3-4-9-19(10-5-6-11-20)16(17(21)22)14-12-13(18)7-8-15(14)23-2/h7-8,12,16,20H,3-6,9-11H2,1-2H3,(H,21,22). The van der Waals surface area contributed by atoms with Crippen LogP contribution in [0.15, 0.2) is 18.2 Å². The Morgan fingerprint density at radius 3 is 2.57 bits per heavy atom. The molecule has 1 unspecified atom stereocenters. The van der Waals surface area contributed by atoms with E-state index in [0.717, 1.165) is 12.8 Å². The van der Waals surface area contributed by atoms with E-state index in [1.807, 2.05) is 11.8 Å². The third-order valence-electron chi connectivity index (χ3n) is 3.74. The van der Waals surface area contributed by atoms with Gasteiger partial charge in [-0.15, -0.1) is 0 Å². The van der Waals surface area contributed by atoms with Crippen LogP contribution in [0.5, 0.6) is 5.75 Å². The highest BCUT2D eigenvalue weighted by atomic mass is 19.1. The number of carboxylic acid groups (broad SMARTS) is 1. The summed E-state index contributed by atoms with van der Waals surface area (Å²) in [6.07, 6.45) is 3.07. The van der Waals surface area contributed by atoms with Crippen LogP contribution in [0, 0.1) is 5.82 Å². The van der Waals surface area contributed by atoms with Crippen molar-refractivity contribution >= 4 is 5.97 Å². The van der Waals surface area contributed by atoms with Gasteiger partial charge in [0.1, 0.15) is 17.6 Å². The maximum absolute atomic E-state index is 13.6. The topological polar surface area (TPSA) is 70.0 Å². The average Bonchev–Trinajstić information content (AvgIpc) is 2.52. The third kappa shape index (κ3) is 5.80. The van der Waals surface area contributed by atoms with Crippen LogP contribution in [0.4, 0.5) is 4.39 Å². The lowest BCUT2D eigenvalue weighted by molar-refractivity contribution is -0.143. The maximum Gasteiger partial charge on any atom is 0.325 e. The molecule has 0 spiro atoms. The number of unbranched alkanes of at least 4 members (excludes halogenated alkanes) is 2. The van der Waals surface area contributed by atoms with E-state index in [-0.39, 0.29) is 6.61 Å². The Kier molecular flexibility index (Phi) is 8.58. The number of hydrogen-bond donors (Lipinski definition) is 2. The molecule has 0 saturated carbocycles. The normalized spacial score (nSPS) is 12.4. The minimum atomic E-state index is -1.03. The van der Waals surface area contributed by atoms with Crippen molar-refractivity contribution in [1.29, 1.82) is 0 Å². The first-order valence-electron chi connectivity index (χ1n) is 7.96. The smallest absolute Gasteiger partial charge is 0.325 e. The molecule has 2 N–H and O–H groups in total. The van der Waals surface area contributed by atoms with Gasteiger partial charge in [0.15, 0.2) is 0 Å². The fourth-order valence-electron chi connectivity index (χ4n) is 2.56. The number of rotatable bonds is 11. The van der Waals surface area contributed by atoms with Crippen molar-refractivity contribution in [3.8, 4) is 5.75 Å². The number of carbonyl (C=O) groups is 1. The Hall–Kier alpha value is -1.66. The molecule has 0 heterocycles. The Morgan fingerprint density at radius 2 is 2.00 bits per heavy atom. The quantitative estimate of drug-likeness (QED) is 0.612. The number of aliphatic hydroxyl groups is 1. The van der Waals surface area contributed by atoms with Crippen LogP contribution in [0.3, 0.4) is 0 Å². The molecule has 0 aliphatic heterocycles. The number of aliphatic carboxylic acids is 1. The van der Waals surface area contributed by atoms with E-state index in [9.17, 15) is 14.3 Å². The predicted molar refractivity (Wildman–Crippen MR) is 86.1 cm³/mol. The van der Waals surface area contributed by atoms with Gasteiger partial charge < -0.3 is 14.9 Å². The summed E-state index contributed by atoms with van der Waals surface area (Å²) in [6.45, 7) is 3.23. The second-order valence-corrected chi connectivity index (χ2v) is 5.45. The van der Waals surface area contributed by atoms with E-state index in [1.165, 1.54) is 25.3 Å². The summed E-state index contributed by atoms with van der Waals surface area (Å²) in [6, 6.07) is 2.96. The second kappa shape index (κ2) is 10.2. The third-order valence-corrected chi connectivity index (χ3v) is 3.74. The summed E-state index contributed by atoms with van der Waals surface area (Å²) in [4.78, 5) is 13.7. The molecule has 6 heteroatoms. The summed E-state index contributed by atoms with van der Waals surface area (Å²) < 4.78 is 18.8. The molecular weight excluding hydrogens is 301 g/mol. The molecule has 0 fully saturated rings. The van der Waals surface area contributed by atoms with Gasteiger partial charge in [0, 0.05) is 12.2 Å². The van der Waals surface area contributed by atoms with Crippen LogP contribution < -0.4 is 4.74 Å². The lowest BCUT2D eigenvalue weighted by Gasteiger charge is -2.30. The Morgan fingerprint density at radius 1 is 1.30 bits per heavy atom. The van der Waals surface area contributed by atoms with E-state index < -0.39 is 17.8 Å². The highest BCUT2D eigenvalue weighted by Crippen LogP contribution is 2.31. The zero-order valence-corrected chi connectivity index (χ0v) is 13.8. The molecule has 1 atom stereocenters. The van der Waals surface area contributed by atoms with E-state index in [0.29, 0.717) is 37.2 Å². The monoisotopic (exact) mass is 327 g/mol. The zero-order valence-electron chi connectivity index (χ0n) is 13.8. The molecule has 5 nitrogen and oxygen atoms in total. The summed E-state index contributed by atoms with van der Waals surface area (Å²) in [5, 5.41) is 18.6. The van der Waals surface area contributed by atoms with Crippen LogP contribution >= 0.6 is 0 Å². The molecule has 23 heavy (non-hydrogen) atoms. The molecule has 1 aromatic rings. The first-order chi connectivity index (χ1) is 11.0. The molecule has 1 rings (SSSR count). The van der Waals surface area contributed by atoms with Gasteiger partial charge in [0.2, 0.25) is 0 Å². The average molecular weight is 327 g/mol. The molecule has 0 aliphatic carbocycles. The number of methoxy groups -OCH3 is 1. The fraction of sp³-hybridized carbons (Fsp3) is 0.588. The van der Waals surface area contributed by atoms with E-state index >= 15 is 0 Å². The van der Waals surface area contributed by atoms with Gasteiger partial charge in [0.05, 0.1) is 7.11 Å². The van der Waals surface area contributed by atoms with Gasteiger partial charge in [-0.2, -0.15) is 0 Å². The minimum Gasteiger partial charge on any atom is -0.496 e. The summed E-state index contributed by atoms with van der Waals surface area (Å²) >= 11 is 0. The number of ether oxygens (including phenoxy) is 1. The molecule has 0 saturated heterocycles. The Bertz CT molecular complexity index is 495. The van der Waals surface area contributed by atoms with Crippen molar-refractivity contribution in [2.24, 2.45) is 0 Å². The van der Waals surface area contributed by atoms with Crippen LogP contribution in [-0.2, 0) is 4.79 Å². The molecule has 0 aromatic heterocycles. The largest absolute Gasteiger partial charge is 0.496 e. The molecule has 0 radical (unpaired) electrons. The highest BCUT2D eigenvalue weighted by molar-refractivity contribution is 5.76. The lowest BCUT2D eigenvalue weighted by atomic mass is 10.0. The minimum absolute atomic E-state index is 0.0721. The van der Waals surface area contributed by atoms with Crippen molar-refractivity contribution in [3.05, 3.63) is 29.6 Å². The number of halogens is 1. The van der Waals surface area contributed by atoms with E-state index in [4.69, 9.17) is 9.84 Å². The maximum atomic E-state index is 13.6. The molecule has 0 bridgehead atoms. The molecule has 0 amide bonds. The lowest BCUT2D eigenvalue weighted by Crippen LogP contribution is -2.36. The van der Waals surface area contributed by atoms with Crippen molar-refractivity contribution < 1.29 is 24.1 Å². The first-order valence-corrected chi connectivity index (χ1v) is 7.96. The van der Waals surface area contributed by atoms with Crippen LogP contribution in [0.25, 0.3) is 0 Å². The van der Waals surface area contributed by atoms with E-state index in [1.54, 1.807) is 0 Å². The number of benzene rings is 1. The van der Waals surface area contributed by atoms with Crippen molar-refractivity contribution in [3.63, 3.8) is 0 Å². The predicted octanol–water partition coefficient (Wildman–Crippen LogP) is 2.83. The zero-order chi connectivity index (χ0) is 17.2. The molecule has 130 valence electrons. The van der Waals surface area contributed by atoms with Gasteiger partial charge >= 0.3 is 5.97 Å². The Labute approximate surface area is 136 Å². The van der Waals surface area contributed by atoms with Crippen molar-refractivity contribution in [2.45, 2.75) is 38.6 Å². The molecular formula is C17H26FNO4. The van der Waals surface area contributed by atoms with Crippen molar-refractivity contribution in [1.82, 2.24) is 4.90 Å². The van der Waals surface area contributed by atoms with Gasteiger partial charge in [-0.3, -0.25) is 9.69 Å². The second-order valence-electron chi connectivity index (χ2n) is 5.45. The van der Waals surface area contributed by atoms with Crippen LogP contribution in [-0.4, -0.2) is 47.9 Å². The van der Waals surface area contributed by atoms with Crippen LogP contribution in [0.2, 0.25) is 0 Å². The summed E-state index contributed by atoms with van der Waals surface area (Å²) in [7, 11) is 1.44. The van der Waals surface area contributed by atoms with Gasteiger partial charge in [-0.05, 0) is 50.6 Å². The number of aliphatic hydroxyl groups excluding tert-OH is 1. The van der Waals surface area contributed by atoms with Gasteiger partial charge in [0.25, 0.3) is 0 Å². The number of hydrogen-bond acceptors (Lipinski definition) is 4. The fourth-order valence-corrected chi connectivity index (χ4v) is 2.56. The summed E-state index contributed by atoms with van der Waals surface area (Å²) in [5.74, 6) is -1.16. The van der Waals surface area contributed by atoms with E-state index in [2.05, 4.69) is 0 Å². The first kappa shape index (κ1) is 19.4. The van der Waals surface area contributed by atoms with Gasteiger partial charge in [-0.1, -0.05) is 13.3 Å². The molecule has 1 aromatic carbocycles. The number of carboxylic acids is 1.